The molecule has 0 aliphatic rings. The Bertz CT molecular complexity index is 1390. The number of nitrogen functional groups attached to an aromatic ring is 2. The van der Waals surface area contributed by atoms with Gasteiger partial charge in [-0.2, -0.15) is 0 Å². The van der Waals surface area contributed by atoms with E-state index in [-0.39, 0.29) is 92.6 Å². The molecule has 0 radical (unpaired) electrons. The Hall–Kier alpha value is -1.26. The van der Waals surface area contributed by atoms with Gasteiger partial charge in [0.2, 0.25) is 0 Å². The first-order valence-electron chi connectivity index (χ1n) is 7.66. The Morgan fingerprint density at radius 1 is 0.839 bits per heavy atom. The van der Waals surface area contributed by atoms with E-state index in [0.29, 0.717) is 0 Å². The number of aromatic hydroxyl groups is 1. The fourth-order valence-electron chi connectivity index (χ4n) is 2.58. The van der Waals surface area contributed by atoms with Gasteiger partial charge in [0.15, 0.2) is 0 Å². The number of nitrogens with zero attached hydrogens (tertiary/aromatic N) is 2. The van der Waals surface area contributed by atoms with E-state index in [9.17, 15) is 31.0 Å². The van der Waals surface area contributed by atoms with Gasteiger partial charge in [0, 0.05) is 5.69 Å². The molecule has 31 heavy (non-hydrogen) atoms. The van der Waals surface area contributed by atoms with E-state index in [0.717, 1.165) is 24.3 Å². The quantitative estimate of drug-likeness (QED) is 0.143. The molecule has 3 rings (SSSR count). The fourth-order valence-corrected chi connectivity index (χ4v) is 3.76. The van der Waals surface area contributed by atoms with Crippen LogP contribution in [0.15, 0.2) is 62.5 Å². The van der Waals surface area contributed by atoms with Crippen molar-refractivity contribution >= 4 is 53.8 Å². The van der Waals surface area contributed by atoms with Gasteiger partial charge < -0.3 is 25.7 Å². The normalized spacial score (nSPS) is 11.8. The number of fused-ring (bicyclic) bond motifs is 1. The van der Waals surface area contributed by atoms with Crippen molar-refractivity contribution in [2.75, 3.05) is 11.5 Å². The molecule has 0 spiro atoms. The molecule has 15 heteroatoms. The molecule has 3 aromatic carbocycles. The van der Waals surface area contributed by atoms with Crippen LogP contribution in [0.5, 0.6) is 5.75 Å². The molecular formula is C16H12N4Na2O7S2. The van der Waals surface area contributed by atoms with Gasteiger partial charge in [-0.1, -0.05) is 6.07 Å². The van der Waals surface area contributed by atoms with Gasteiger partial charge in [-0.25, -0.2) is 16.8 Å². The predicted octanol–water partition coefficient (Wildman–Crippen LogP) is -4.06. The first kappa shape index (κ1) is 27.8. The summed E-state index contributed by atoms with van der Waals surface area (Å²) in [5.74, 6) is -0.604. The molecule has 0 aromatic heterocycles. The molecule has 0 bridgehead atoms. The van der Waals surface area contributed by atoms with Gasteiger partial charge in [-0.3, -0.25) is 0 Å². The van der Waals surface area contributed by atoms with Gasteiger partial charge >= 0.3 is 59.1 Å². The molecule has 0 aliphatic carbocycles. The topological polar surface area (TPSA) is 211 Å². The minimum atomic E-state index is -4.91. The van der Waals surface area contributed by atoms with Crippen molar-refractivity contribution in [3.05, 3.63) is 42.5 Å². The second kappa shape index (κ2) is 10.1. The predicted molar refractivity (Wildman–Crippen MR) is 101 cm³/mol. The van der Waals surface area contributed by atoms with Gasteiger partial charge in [-0.05, 0) is 41.8 Å². The van der Waals surface area contributed by atoms with Crippen molar-refractivity contribution in [1.82, 2.24) is 0 Å². The molecule has 11 nitrogen and oxygen atoms in total. The summed E-state index contributed by atoms with van der Waals surface area (Å²) in [6, 6.07) is 7.82. The van der Waals surface area contributed by atoms with Crippen LogP contribution in [0, 0.1) is 0 Å². The smallest absolute Gasteiger partial charge is 0.744 e. The van der Waals surface area contributed by atoms with Gasteiger partial charge in [0.25, 0.3) is 0 Å². The molecule has 0 atom stereocenters. The van der Waals surface area contributed by atoms with Crippen LogP contribution in [0.3, 0.4) is 0 Å². The van der Waals surface area contributed by atoms with Gasteiger partial charge in [0.1, 0.15) is 37.4 Å². The SMILES string of the molecule is Nc1ccc(N=Nc2c(N)ccc3cc(S(=O)(=O)[O-])cc(O)c23)c(S(=O)(=O)[O-])c1.[Na+].[Na+]. The van der Waals surface area contributed by atoms with E-state index in [1.54, 1.807) is 0 Å². The number of hydrogen-bond acceptors (Lipinski definition) is 11. The Kier molecular flexibility index (Phi) is 9.07. The Labute approximate surface area is 221 Å². The minimum Gasteiger partial charge on any atom is -0.744 e. The second-order valence-electron chi connectivity index (χ2n) is 5.88. The molecule has 0 amide bonds. The molecule has 0 saturated heterocycles. The molecule has 152 valence electrons. The van der Waals surface area contributed by atoms with Crippen LogP contribution in [-0.2, 0) is 20.2 Å². The summed E-state index contributed by atoms with van der Waals surface area (Å²) in [5, 5.41) is 17.9. The minimum absolute atomic E-state index is 0. The summed E-state index contributed by atoms with van der Waals surface area (Å²) in [6.45, 7) is 0. The molecule has 3 aromatic rings. The molecule has 5 N–H and O–H groups in total. The zero-order chi connectivity index (χ0) is 21.6. The number of anilines is 2. The van der Waals surface area contributed by atoms with Crippen molar-refractivity contribution < 1.29 is 90.2 Å². The molecule has 0 unspecified atom stereocenters. The monoisotopic (exact) mass is 482 g/mol. The number of phenols is 1. The second-order valence-corrected chi connectivity index (χ2v) is 8.61. The van der Waals surface area contributed by atoms with Crippen LogP contribution in [0.25, 0.3) is 10.8 Å². The molecule has 0 saturated carbocycles. The first-order chi connectivity index (χ1) is 13.4. The average molecular weight is 482 g/mol. The van der Waals surface area contributed by atoms with Crippen LogP contribution in [0.4, 0.5) is 22.7 Å². The fraction of sp³-hybridized carbons (Fsp3) is 0. The number of benzene rings is 3. The maximum Gasteiger partial charge on any atom is 1.00 e. The van der Waals surface area contributed by atoms with Crippen molar-refractivity contribution in [1.29, 1.82) is 0 Å². The summed E-state index contributed by atoms with van der Waals surface area (Å²) in [7, 11) is -9.74. The summed E-state index contributed by atoms with van der Waals surface area (Å²) in [5.41, 5.74) is 10.9. The Morgan fingerprint density at radius 2 is 1.48 bits per heavy atom. The number of azo groups is 1. The van der Waals surface area contributed by atoms with Crippen LogP contribution >= 0.6 is 0 Å². The molecular weight excluding hydrogens is 470 g/mol. The van der Waals surface area contributed by atoms with Crippen molar-refractivity contribution in [3.63, 3.8) is 0 Å². The van der Waals surface area contributed by atoms with Crippen LogP contribution in [0.2, 0.25) is 0 Å². The van der Waals surface area contributed by atoms with Crippen LogP contribution in [-0.4, -0.2) is 31.0 Å². The van der Waals surface area contributed by atoms with E-state index >= 15 is 0 Å². The number of nitrogens with two attached hydrogens (primary N) is 2. The van der Waals surface area contributed by atoms with E-state index in [4.69, 9.17) is 11.5 Å². The average Bonchev–Trinajstić information content (AvgIpc) is 2.60. The van der Waals surface area contributed by atoms with E-state index in [1.807, 2.05) is 0 Å². The summed E-state index contributed by atoms with van der Waals surface area (Å²) in [6.07, 6.45) is 0. The Balaban J connectivity index is 0.00000240. The van der Waals surface area contributed by atoms with Crippen molar-refractivity contribution in [2.45, 2.75) is 9.79 Å². The number of phenolic OH excluding ortho intramolecular Hbond substituents is 1. The van der Waals surface area contributed by atoms with Gasteiger partial charge in [0.05, 0.1) is 20.9 Å². The largest absolute Gasteiger partial charge is 1.00 e. The van der Waals surface area contributed by atoms with Crippen LogP contribution in [0.1, 0.15) is 0 Å². The van der Waals surface area contributed by atoms with E-state index in [2.05, 4.69) is 10.2 Å². The van der Waals surface area contributed by atoms with Crippen molar-refractivity contribution in [2.24, 2.45) is 10.2 Å². The van der Waals surface area contributed by atoms with E-state index < -0.39 is 35.8 Å². The first-order valence-corrected chi connectivity index (χ1v) is 10.5. The third-order valence-electron chi connectivity index (χ3n) is 3.87. The van der Waals surface area contributed by atoms with Crippen molar-refractivity contribution in [3.8, 4) is 5.75 Å². The van der Waals surface area contributed by atoms with E-state index in [1.165, 1.54) is 18.2 Å². The molecule has 0 heterocycles. The third-order valence-corrected chi connectivity index (χ3v) is 5.55. The Morgan fingerprint density at radius 3 is 2.06 bits per heavy atom. The summed E-state index contributed by atoms with van der Waals surface area (Å²) >= 11 is 0. The standard InChI is InChI=1S/C16H14N4O7S2.2Na/c17-9-2-4-12(14(6-9)29(25,26)27)19-20-16-11(18)3-1-8-5-10(28(22,23)24)7-13(21)15(8)16;;/h1-7,21H,17-18H2,(H,22,23,24)(H,25,26,27);;/q;2*+1/p-2. The third kappa shape index (κ3) is 6.16. The van der Waals surface area contributed by atoms with Gasteiger partial charge in [-0.15, -0.1) is 10.2 Å². The maximum absolute atomic E-state index is 11.4. The zero-order valence-electron chi connectivity index (χ0n) is 16.3. The summed E-state index contributed by atoms with van der Waals surface area (Å²) in [4.78, 5) is -1.36. The molecule has 0 fully saturated rings. The number of hydrogen-bond donors (Lipinski definition) is 3. The summed E-state index contributed by atoms with van der Waals surface area (Å²) < 4.78 is 67.9. The molecule has 0 aliphatic heterocycles. The zero-order valence-corrected chi connectivity index (χ0v) is 21.9. The number of rotatable bonds is 4. The maximum atomic E-state index is 11.4. The van der Waals surface area contributed by atoms with Crippen LogP contribution < -0.4 is 70.6 Å².